The van der Waals surface area contributed by atoms with Gasteiger partial charge in [0, 0.05) is 37.8 Å². The molecule has 2 aromatic rings. The fourth-order valence-corrected chi connectivity index (χ4v) is 3.56. The molecule has 0 unspecified atom stereocenters. The van der Waals surface area contributed by atoms with Crippen LogP contribution in [0, 0.1) is 5.82 Å². The molecular weight excluding hydrogens is 359 g/mol. The molecule has 0 bridgehead atoms. The standard InChI is InChI=1S/C22H25FN2O3/c1-25(21(27)17-6-3-2-4-7-17)15-20(26)24-16-22(10-12-28-13-11-22)18-8-5-9-19(23)14-18/h2-9,14H,10-13,15-16H2,1H3,(H,24,26). The summed E-state index contributed by atoms with van der Waals surface area (Å²) in [5.41, 5.74) is 1.04. The molecule has 3 rings (SSSR count). The highest BCUT2D eigenvalue weighted by Gasteiger charge is 2.35. The SMILES string of the molecule is CN(CC(=O)NCC1(c2cccc(F)c2)CCOCC1)C(=O)c1ccccc1. The van der Waals surface area contributed by atoms with E-state index in [0.29, 0.717) is 38.2 Å². The molecule has 0 spiro atoms. The molecule has 1 heterocycles. The average molecular weight is 384 g/mol. The smallest absolute Gasteiger partial charge is 0.254 e. The van der Waals surface area contributed by atoms with Crippen molar-refractivity contribution in [2.75, 3.05) is 33.4 Å². The Hall–Kier alpha value is -2.73. The van der Waals surface area contributed by atoms with Crippen molar-refractivity contribution in [1.82, 2.24) is 10.2 Å². The van der Waals surface area contributed by atoms with Gasteiger partial charge in [0.2, 0.25) is 5.91 Å². The highest BCUT2D eigenvalue weighted by Crippen LogP contribution is 2.34. The van der Waals surface area contributed by atoms with Crippen molar-refractivity contribution in [3.63, 3.8) is 0 Å². The van der Waals surface area contributed by atoms with Crippen LogP contribution < -0.4 is 5.32 Å². The zero-order chi connectivity index (χ0) is 20.0. The van der Waals surface area contributed by atoms with Crippen molar-refractivity contribution in [1.29, 1.82) is 0 Å². The van der Waals surface area contributed by atoms with Gasteiger partial charge in [-0.1, -0.05) is 30.3 Å². The van der Waals surface area contributed by atoms with Gasteiger partial charge in [-0.15, -0.1) is 0 Å². The van der Waals surface area contributed by atoms with Crippen LogP contribution in [0.2, 0.25) is 0 Å². The van der Waals surface area contributed by atoms with Crippen LogP contribution in [0.15, 0.2) is 54.6 Å². The molecule has 0 aromatic heterocycles. The number of hydrogen-bond donors (Lipinski definition) is 1. The largest absolute Gasteiger partial charge is 0.381 e. The second-order valence-corrected chi connectivity index (χ2v) is 7.21. The van der Waals surface area contributed by atoms with Crippen LogP contribution in [0.1, 0.15) is 28.8 Å². The topological polar surface area (TPSA) is 58.6 Å². The summed E-state index contributed by atoms with van der Waals surface area (Å²) in [4.78, 5) is 26.3. The van der Waals surface area contributed by atoms with E-state index >= 15 is 0 Å². The van der Waals surface area contributed by atoms with Gasteiger partial charge in [-0.3, -0.25) is 9.59 Å². The maximum Gasteiger partial charge on any atom is 0.254 e. The third-order valence-electron chi connectivity index (χ3n) is 5.26. The first-order valence-corrected chi connectivity index (χ1v) is 9.41. The average Bonchev–Trinajstić information content (AvgIpc) is 2.73. The monoisotopic (exact) mass is 384 g/mol. The van der Waals surface area contributed by atoms with Crippen molar-refractivity contribution in [2.45, 2.75) is 18.3 Å². The van der Waals surface area contributed by atoms with Gasteiger partial charge < -0.3 is 15.0 Å². The van der Waals surface area contributed by atoms with Crippen molar-refractivity contribution in [3.05, 3.63) is 71.5 Å². The van der Waals surface area contributed by atoms with Crippen molar-refractivity contribution < 1.29 is 18.7 Å². The summed E-state index contributed by atoms with van der Waals surface area (Å²) in [6.07, 6.45) is 1.41. The van der Waals surface area contributed by atoms with Crippen LogP contribution >= 0.6 is 0 Å². The van der Waals surface area contributed by atoms with Crippen LogP contribution in [0.25, 0.3) is 0 Å². The van der Waals surface area contributed by atoms with E-state index in [4.69, 9.17) is 4.74 Å². The van der Waals surface area contributed by atoms with Crippen molar-refractivity contribution in [2.24, 2.45) is 0 Å². The summed E-state index contributed by atoms with van der Waals surface area (Å²) in [6, 6.07) is 15.4. The second kappa shape index (κ2) is 8.97. The predicted molar refractivity (Wildman–Crippen MR) is 105 cm³/mol. The molecule has 148 valence electrons. The number of nitrogens with zero attached hydrogens (tertiary/aromatic N) is 1. The first kappa shape index (κ1) is 20.0. The number of likely N-dealkylation sites (N-methyl/N-ethyl adjacent to an activating group) is 1. The van der Waals surface area contributed by atoms with Gasteiger partial charge in [0.25, 0.3) is 5.91 Å². The molecular formula is C22H25FN2O3. The molecule has 0 saturated carbocycles. The molecule has 6 heteroatoms. The second-order valence-electron chi connectivity index (χ2n) is 7.21. The lowest BCUT2D eigenvalue weighted by Crippen LogP contribution is -2.47. The number of carbonyl (C=O) groups excluding carboxylic acids is 2. The highest BCUT2D eigenvalue weighted by atomic mass is 19.1. The number of amides is 2. The lowest BCUT2D eigenvalue weighted by Gasteiger charge is -2.38. The quantitative estimate of drug-likeness (QED) is 0.833. The van der Waals surface area contributed by atoms with E-state index in [1.165, 1.54) is 17.0 Å². The molecule has 28 heavy (non-hydrogen) atoms. The van der Waals surface area contributed by atoms with Crippen LogP contribution in [0.5, 0.6) is 0 Å². The molecule has 1 saturated heterocycles. The van der Waals surface area contributed by atoms with E-state index in [1.54, 1.807) is 37.4 Å². The Morgan fingerprint density at radius 3 is 2.50 bits per heavy atom. The number of halogens is 1. The van der Waals surface area contributed by atoms with Crippen molar-refractivity contribution >= 4 is 11.8 Å². The Balaban J connectivity index is 1.63. The summed E-state index contributed by atoms with van der Waals surface area (Å²) >= 11 is 0. The molecule has 0 aliphatic carbocycles. The lowest BCUT2D eigenvalue weighted by atomic mass is 9.74. The fraction of sp³-hybridized carbons (Fsp3) is 0.364. The van der Waals surface area contributed by atoms with E-state index in [2.05, 4.69) is 5.32 Å². The van der Waals surface area contributed by atoms with Crippen LogP contribution in [-0.4, -0.2) is 50.1 Å². The molecule has 5 nitrogen and oxygen atoms in total. The van der Waals surface area contributed by atoms with Crippen LogP contribution in [-0.2, 0) is 14.9 Å². The number of hydrogen-bond acceptors (Lipinski definition) is 3. The predicted octanol–water partition coefficient (Wildman–Crippen LogP) is 2.76. The number of nitrogens with one attached hydrogen (secondary N) is 1. The Bertz CT molecular complexity index is 820. The van der Waals surface area contributed by atoms with Crippen molar-refractivity contribution in [3.8, 4) is 0 Å². The third kappa shape index (κ3) is 4.75. The van der Waals surface area contributed by atoms with Crippen LogP contribution in [0.3, 0.4) is 0 Å². The highest BCUT2D eigenvalue weighted by molar-refractivity contribution is 5.96. The van der Waals surface area contributed by atoms with Crippen LogP contribution in [0.4, 0.5) is 4.39 Å². The number of ether oxygens (including phenoxy) is 1. The summed E-state index contributed by atoms with van der Waals surface area (Å²) in [6.45, 7) is 1.48. The fourth-order valence-electron chi connectivity index (χ4n) is 3.56. The number of benzene rings is 2. The van der Waals surface area contributed by atoms with Gasteiger partial charge in [0.15, 0.2) is 0 Å². The summed E-state index contributed by atoms with van der Waals surface area (Å²) in [5.74, 6) is -0.737. The number of rotatable bonds is 6. The molecule has 1 aliphatic rings. The van der Waals surface area contributed by atoms with Gasteiger partial charge in [-0.25, -0.2) is 4.39 Å². The molecule has 2 aromatic carbocycles. The summed E-state index contributed by atoms with van der Waals surface area (Å²) in [5, 5.41) is 2.94. The van der Waals surface area contributed by atoms with E-state index in [1.807, 2.05) is 12.1 Å². The van der Waals surface area contributed by atoms with Gasteiger partial charge in [0.05, 0.1) is 6.54 Å². The van der Waals surface area contributed by atoms with E-state index in [9.17, 15) is 14.0 Å². The molecule has 0 radical (unpaired) electrons. The summed E-state index contributed by atoms with van der Waals surface area (Å²) in [7, 11) is 1.60. The molecule has 1 N–H and O–H groups in total. The van der Waals surface area contributed by atoms with Gasteiger partial charge in [-0.2, -0.15) is 0 Å². The summed E-state index contributed by atoms with van der Waals surface area (Å²) < 4.78 is 19.2. The Kier molecular flexibility index (Phi) is 6.41. The molecule has 0 atom stereocenters. The Morgan fingerprint density at radius 2 is 1.82 bits per heavy atom. The maximum absolute atomic E-state index is 13.8. The molecule has 1 aliphatic heterocycles. The van der Waals surface area contributed by atoms with E-state index in [-0.39, 0.29) is 29.6 Å². The molecule has 1 fully saturated rings. The minimum Gasteiger partial charge on any atom is -0.381 e. The van der Waals surface area contributed by atoms with E-state index < -0.39 is 0 Å². The lowest BCUT2D eigenvalue weighted by molar-refractivity contribution is -0.122. The minimum atomic E-state index is -0.363. The maximum atomic E-state index is 13.8. The Morgan fingerprint density at radius 1 is 1.11 bits per heavy atom. The van der Waals surface area contributed by atoms with Gasteiger partial charge in [0.1, 0.15) is 5.82 Å². The van der Waals surface area contributed by atoms with Gasteiger partial charge in [-0.05, 0) is 42.7 Å². The minimum absolute atomic E-state index is 0.0382. The van der Waals surface area contributed by atoms with Gasteiger partial charge >= 0.3 is 0 Å². The zero-order valence-corrected chi connectivity index (χ0v) is 16.0. The zero-order valence-electron chi connectivity index (χ0n) is 16.0. The third-order valence-corrected chi connectivity index (χ3v) is 5.26. The number of carbonyl (C=O) groups is 2. The first-order chi connectivity index (χ1) is 13.5. The Labute approximate surface area is 164 Å². The van der Waals surface area contributed by atoms with E-state index in [0.717, 1.165) is 5.56 Å². The normalized spacial score (nSPS) is 15.6. The molecule has 2 amide bonds. The first-order valence-electron chi connectivity index (χ1n) is 9.41.